The van der Waals surface area contributed by atoms with Gasteiger partial charge in [0.25, 0.3) is 0 Å². The zero-order valence-corrected chi connectivity index (χ0v) is 9.81. The molecule has 1 heterocycles. The molecule has 90 valence electrons. The highest BCUT2D eigenvalue weighted by Gasteiger charge is 2.05. The van der Waals surface area contributed by atoms with Crippen LogP contribution in [0.15, 0.2) is 35.1 Å². The van der Waals surface area contributed by atoms with Crippen LogP contribution in [0.4, 0.5) is 0 Å². The van der Waals surface area contributed by atoms with E-state index < -0.39 is 0 Å². The van der Waals surface area contributed by atoms with E-state index in [0.29, 0.717) is 13.1 Å². The van der Waals surface area contributed by atoms with Crippen molar-refractivity contribution in [3.05, 3.63) is 46.2 Å². The van der Waals surface area contributed by atoms with Gasteiger partial charge < -0.3 is 10.1 Å². The van der Waals surface area contributed by atoms with E-state index in [1.54, 1.807) is 6.07 Å². The quantitative estimate of drug-likeness (QED) is 0.825. The van der Waals surface area contributed by atoms with Crippen LogP contribution < -0.4 is 5.56 Å². The summed E-state index contributed by atoms with van der Waals surface area (Å²) in [6.45, 7) is 1.38. The van der Waals surface area contributed by atoms with Crippen molar-refractivity contribution in [1.82, 2.24) is 9.88 Å². The molecule has 0 amide bonds. The summed E-state index contributed by atoms with van der Waals surface area (Å²) in [5, 5.41) is 9.93. The molecule has 2 rings (SSSR count). The van der Waals surface area contributed by atoms with Gasteiger partial charge in [-0.25, -0.2) is 0 Å². The molecule has 1 aromatic heterocycles. The van der Waals surface area contributed by atoms with Crippen LogP contribution in [0.1, 0.15) is 5.56 Å². The molecule has 0 saturated carbocycles. The number of hydrogen-bond acceptors (Lipinski definition) is 3. The average Bonchev–Trinajstić information content (AvgIpc) is 2.29. The van der Waals surface area contributed by atoms with Gasteiger partial charge >= 0.3 is 0 Å². The fourth-order valence-corrected chi connectivity index (χ4v) is 1.95. The van der Waals surface area contributed by atoms with Gasteiger partial charge in [-0.15, -0.1) is 0 Å². The summed E-state index contributed by atoms with van der Waals surface area (Å²) in [5.74, 6) is 0. The van der Waals surface area contributed by atoms with Gasteiger partial charge in [-0.3, -0.25) is 9.69 Å². The van der Waals surface area contributed by atoms with Crippen molar-refractivity contribution in [2.45, 2.75) is 6.54 Å². The fourth-order valence-electron chi connectivity index (χ4n) is 1.95. The number of benzene rings is 1. The molecule has 2 N–H and O–H groups in total. The van der Waals surface area contributed by atoms with E-state index in [1.165, 1.54) is 0 Å². The Morgan fingerprint density at radius 1 is 1.35 bits per heavy atom. The molecule has 4 heteroatoms. The molecule has 0 spiro atoms. The standard InChI is InChI=1S/C13H16N2O2/c1-15(6-7-16)9-10-8-13(17)14-12-5-3-2-4-11(10)12/h2-5,8,16H,6-7,9H2,1H3,(H,14,17). The highest BCUT2D eigenvalue weighted by atomic mass is 16.3. The summed E-state index contributed by atoms with van der Waals surface area (Å²) >= 11 is 0. The zero-order chi connectivity index (χ0) is 12.3. The van der Waals surface area contributed by atoms with Crippen LogP contribution in [-0.4, -0.2) is 35.2 Å². The average molecular weight is 232 g/mol. The lowest BCUT2D eigenvalue weighted by molar-refractivity contribution is 0.217. The maximum Gasteiger partial charge on any atom is 0.248 e. The molecule has 0 atom stereocenters. The second-order valence-corrected chi connectivity index (χ2v) is 4.17. The second-order valence-electron chi connectivity index (χ2n) is 4.17. The number of hydrogen-bond donors (Lipinski definition) is 2. The zero-order valence-electron chi connectivity index (χ0n) is 9.81. The van der Waals surface area contributed by atoms with Crippen LogP contribution >= 0.6 is 0 Å². The summed E-state index contributed by atoms with van der Waals surface area (Å²) in [7, 11) is 1.92. The first kappa shape index (κ1) is 11.8. The van der Waals surface area contributed by atoms with Crippen molar-refractivity contribution in [2.24, 2.45) is 0 Å². The van der Waals surface area contributed by atoms with Crippen LogP contribution in [0, 0.1) is 0 Å². The fraction of sp³-hybridized carbons (Fsp3) is 0.308. The summed E-state index contributed by atoms with van der Waals surface area (Å²) in [6.07, 6.45) is 0. The predicted molar refractivity (Wildman–Crippen MR) is 68.0 cm³/mol. The number of fused-ring (bicyclic) bond motifs is 1. The number of aliphatic hydroxyl groups excluding tert-OH is 1. The summed E-state index contributed by atoms with van der Waals surface area (Å²) in [5.41, 5.74) is 1.75. The van der Waals surface area contributed by atoms with Gasteiger partial charge in [0.05, 0.1) is 6.61 Å². The van der Waals surface area contributed by atoms with E-state index in [-0.39, 0.29) is 12.2 Å². The monoisotopic (exact) mass is 232 g/mol. The minimum absolute atomic E-state index is 0.0869. The van der Waals surface area contributed by atoms with E-state index in [4.69, 9.17) is 5.11 Å². The summed E-state index contributed by atoms with van der Waals surface area (Å²) in [4.78, 5) is 16.3. The van der Waals surface area contributed by atoms with Gasteiger partial charge in [0.1, 0.15) is 0 Å². The van der Waals surface area contributed by atoms with Crippen molar-refractivity contribution in [2.75, 3.05) is 20.2 Å². The Kier molecular flexibility index (Phi) is 3.56. The molecular formula is C13H16N2O2. The minimum atomic E-state index is -0.0869. The van der Waals surface area contributed by atoms with Gasteiger partial charge in [-0.1, -0.05) is 18.2 Å². The molecular weight excluding hydrogens is 216 g/mol. The molecule has 2 aromatic rings. The molecule has 0 aliphatic rings. The molecule has 0 unspecified atom stereocenters. The van der Waals surface area contributed by atoms with Gasteiger partial charge in [0, 0.05) is 30.1 Å². The number of aromatic nitrogens is 1. The summed E-state index contributed by atoms with van der Waals surface area (Å²) < 4.78 is 0. The van der Waals surface area contributed by atoms with Gasteiger partial charge in [0.15, 0.2) is 0 Å². The minimum Gasteiger partial charge on any atom is -0.395 e. The molecule has 1 aromatic carbocycles. The number of pyridine rings is 1. The molecule has 0 bridgehead atoms. The number of aromatic amines is 1. The predicted octanol–water partition coefficient (Wildman–Crippen LogP) is 0.952. The lowest BCUT2D eigenvalue weighted by Crippen LogP contribution is -2.22. The Balaban J connectivity index is 2.42. The number of likely N-dealkylation sites (N-methyl/N-ethyl adjacent to an activating group) is 1. The van der Waals surface area contributed by atoms with E-state index in [9.17, 15) is 4.79 Å². The summed E-state index contributed by atoms with van der Waals surface area (Å²) in [6, 6.07) is 9.37. The number of para-hydroxylation sites is 1. The van der Waals surface area contributed by atoms with Crippen molar-refractivity contribution in [3.8, 4) is 0 Å². The van der Waals surface area contributed by atoms with E-state index in [1.807, 2.05) is 36.2 Å². The SMILES string of the molecule is CN(CCO)Cc1cc(=O)[nH]c2ccccc12. The van der Waals surface area contributed by atoms with Crippen LogP contribution in [0.25, 0.3) is 10.9 Å². The lowest BCUT2D eigenvalue weighted by Gasteiger charge is -2.16. The molecule has 0 saturated heterocycles. The van der Waals surface area contributed by atoms with Crippen molar-refractivity contribution in [1.29, 1.82) is 0 Å². The normalized spacial score (nSPS) is 11.2. The Hall–Kier alpha value is -1.65. The van der Waals surface area contributed by atoms with E-state index in [0.717, 1.165) is 16.5 Å². The third-order valence-electron chi connectivity index (χ3n) is 2.76. The smallest absolute Gasteiger partial charge is 0.248 e. The molecule has 0 fully saturated rings. The van der Waals surface area contributed by atoms with Crippen LogP contribution in [-0.2, 0) is 6.54 Å². The van der Waals surface area contributed by atoms with Crippen molar-refractivity contribution < 1.29 is 5.11 Å². The Bertz CT molecular complexity index is 563. The van der Waals surface area contributed by atoms with Gasteiger partial charge in [-0.05, 0) is 18.7 Å². The first-order valence-electron chi connectivity index (χ1n) is 5.61. The topological polar surface area (TPSA) is 56.3 Å². The Morgan fingerprint density at radius 3 is 2.88 bits per heavy atom. The Morgan fingerprint density at radius 2 is 2.12 bits per heavy atom. The number of nitrogens with one attached hydrogen (secondary N) is 1. The lowest BCUT2D eigenvalue weighted by atomic mass is 10.1. The van der Waals surface area contributed by atoms with Crippen LogP contribution in [0.2, 0.25) is 0 Å². The third-order valence-corrected chi connectivity index (χ3v) is 2.76. The van der Waals surface area contributed by atoms with E-state index >= 15 is 0 Å². The molecule has 0 radical (unpaired) electrons. The second kappa shape index (κ2) is 5.12. The van der Waals surface area contributed by atoms with Crippen molar-refractivity contribution in [3.63, 3.8) is 0 Å². The third kappa shape index (κ3) is 2.72. The number of nitrogens with zero attached hydrogens (tertiary/aromatic N) is 1. The van der Waals surface area contributed by atoms with Crippen molar-refractivity contribution >= 4 is 10.9 Å². The number of rotatable bonds is 4. The molecule has 17 heavy (non-hydrogen) atoms. The molecule has 0 aliphatic carbocycles. The Labute approximate surface area is 99.5 Å². The number of aliphatic hydroxyl groups is 1. The van der Waals surface area contributed by atoms with Gasteiger partial charge in [0.2, 0.25) is 5.56 Å². The molecule has 0 aliphatic heterocycles. The number of H-pyrrole nitrogens is 1. The first-order chi connectivity index (χ1) is 8.20. The maximum atomic E-state index is 11.5. The first-order valence-corrected chi connectivity index (χ1v) is 5.61. The maximum absolute atomic E-state index is 11.5. The largest absolute Gasteiger partial charge is 0.395 e. The molecule has 4 nitrogen and oxygen atoms in total. The highest BCUT2D eigenvalue weighted by molar-refractivity contribution is 5.81. The van der Waals surface area contributed by atoms with Crippen LogP contribution in [0.5, 0.6) is 0 Å². The highest BCUT2D eigenvalue weighted by Crippen LogP contribution is 2.15. The van der Waals surface area contributed by atoms with E-state index in [2.05, 4.69) is 4.98 Å². The van der Waals surface area contributed by atoms with Crippen LogP contribution in [0.3, 0.4) is 0 Å². The van der Waals surface area contributed by atoms with Gasteiger partial charge in [-0.2, -0.15) is 0 Å².